The molecule has 0 aliphatic carbocycles. The largest absolute Gasteiger partial charge is 0.464 e. The van der Waals surface area contributed by atoms with Crippen LogP contribution >= 0.6 is 0 Å². The maximum absolute atomic E-state index is 13.2. The van der Waals surface area contributed by atoms with Crippen LogP contribution in [0.4, 0.5) is 13.6 Å². The molecule has 0 fully saturated rings. The quantitative estimate of drug-likeness (QED) is 0.587. The third kappa shape index (κ3) is 7.16. The number of ketones is 1. The third-order valence-electron chi connectivity index (χ3n) is 3.16. The molecule has 0 radical (unpaired) electrons. The van der Waals surface area contributed by atoms with Crippen LogP contribution in [0.25, 0.3) is 0 Å². The lowest BCUT2D eigenvalue weighted by molar-refractivity contribution is -0.145. The molecular weight excluding hydrogens is 348 g/mol. The average Bonchev–Trinajstić information content (AvgIpc) is 2.52. The Morgan fingerprint density at radius 3 is 2.35 bits per heavy atom. The minimum atomic E-state index is -1.13. The minimum Gasteiger partial charge on any atom is -0.464 e. The van der Waals surface area contributed by atoms with Crippen molar-refractivity contribution in [1.29, 1.82) is 0 Å². The number of carbonyl (C=O) groups is 3. The summed E-state index contributed by atoms with van der Waals surface area (Å²) in [5.74, 6) is -3.40. The predicted molar refractivity (Wildman–Crippen MR) is 89.7 cm³/mol. The van der Waals surface area contributed by atoms with Crippen LogP contribution < -0.4 is 5.32 Å². The van der Waals surface area contributed by atoms with Gasteiger partial charge in [0.15, 0.2) is 17.4 Å². The number of ether oxygens (including phenoxy) is 2. The summed E-state index contributed by atoms with van der Waals surface area (Å²) in [7, 11) is 0. The fraction of sp³-hybridized carbons (Fsp3) is 0.500. The number of benzene rings is 1. The smallest absolute Gasteiger partial charge is 0.408 e. The fourth-order valence-electron chi connectivity index (χ4n) is 2.03. The first-order chi connectivity index (χ1) is 12.0. The second-order valence-corrected chi connectivity index (χ2v) is 6.54. The maximum Gasteiger partial charge on any atom is 0.408 e. The van der Waals surface area contributed by atoms with E-state index < -0.39 is 41.1 Å². The highest BCUT2D eigenvalue weighted by atomic mass is 19.2. The minimum absolute atomic E-state index is 0.0243. The Balaban J connectivity index is 2.75. The first-order valence-electron chi connectivity index (χ1n) is 8.18. The number of amides is 1. The molecule has 0 unspecified atom stereocenters. The van der Waals surface area contributed by atoms with Gasteiger partial charge in [0.2, 0.25) is 0 Å². The van der Waals surface area contributed by atoms with Gasteiger partial charge < -0.3 is 14.8 Å². The average molecular weight is 371 g/mol. The van der Waals surface area contributed by atoms with Gasteiger partial charge in [-0.3, -0.25) is 4.79 Å². The first kappa shape index (κ1) is 21.5. The lowest BCUT2D eigenvalue weighted by Crippen LogP contribution is -2.44. The van der Waals surface area contributed by atoms with E-state index in [4.69, 9.17) is 9.47 Å². The van der Waals surface area contributed by atoms with Crippen LogP contribution in [-0.4, -0.2) is 36.1 Å². The summed E-state index contributed by atoms with van der Waals surface area (Å²) in [6, 6.07) is 1.70. The molecule has 0 bridgehead atoms. The number of carbonyl (C=O) groups excluding carboxylic acids is 3. The Kier molecular flexibility index (Phi) is 7.67. The molecule has 1 rings (SSSR count). The molecule has 0 saturated heterocycles. The summed E-state index contributed by atoms with van der Waals surface area (Å²) in [6.45, 7) is 6.70. The third-order valence-corrected chi connectivity index (χ3v) is 3.16. The van der Waals surface area contributed by atoms with Crippen molar-refractivity contribution in [2.75, 3.05) is 6.61 Å². The van der Waals surface area contributed by atoms with Crippen LogP contribution in [0.2, 0.25) is 0 Å². The van der Waals surface area contributed by atoms with E-state index in [0.29, 0.717) is 0 Å². The van der Waals surface area contributed by atoms with Crippen LogP contribution in [0.5, 0.6) is 0 Å². The number of hydrogen-bond donors (Lipinski definition) is 1. The second kappa shape index (κ2) is 9.26. The van der Waals surface area contributed by atoms with Crippen LogP contribution in [0.1, 0.15) is 50.9 Å². The van der Waals surface area contributed by atoms with Crippen molar-refractivity contribution in [3.63, 3.8) is 0 Å². The van der Waals surface area contributed by atoms with E-state index in [2.05, 4.69) is 5.32 Å². The molecule has 1 N–H and O–H groups in total. The molecule has 1 atom stereocenters. The number of esters is 1. The van der Waals surface area contributed by atoms with Crippen molar-refractivity contribution in [1.82, 2.24) is 5.32 Å². The van der Waals surface area contributed by atoms with Gasteiger partial charge in [-0.05, 0) is 52.3 Å². The van der Waals surface area contributed by atoms with Gasteiger partial charge in [0.1, 0.15) is 11.6 Å². The Hall–Kier alpha value is -2.51. The molecule has 0 aromatic heterocycles. The van der Waals surface area contributed by atoms with Gasteiger partial charge in [0.05, 0.1) is 6.61 Å². The normalized spacial score (nSPS) is 12.2. The topological polar surface area (TPSA) is 81.7 Å². The van der Waals surface area contributed by atoms with Crippen LogP contribution in [0.15, 0.2) is 18.2 Å². The van der Waals surface area contributed by atoms with Crippen molar-refractivity contribution in [2.24, 2.45) is 0 Å². The van der Waals surface area contributed by atoms with Gasteiger partial charge in [-0.1, -0.05) is 0 Å². The standard InChI is InChI=1S/C18H23F2NO5/c1-5-25-16(23)14(21-17(24)26-18(2,3)4)8-9-15(22)11-6-7-12(19)13(20)10-11/h6-7,10,14H,5,8-9H2,1-4H3,(H,21,24)/t14-/m1/s1. The molecular formula is C18H23F2NO5. The maximum atomic E-state index is 13.2. The summed E-state index contributed by atoms with van der Waals surface area (Å²) in [4.78, 5) is 36.0. The Morgan fingerprint density at radius 1 is 1.15 bits per heavy atom. The zero-order chi connectivity index (χ0) is 19.9. The summed E-state index contributed by atoms with van der Waals surface area (Å²) in [6.07, 6.45) is -1.07. The predicted octanol–water partition coefficient (Wildman–Crippen LogP) is 3.38. The van der Waals surface area contributed by atoms with Gasteiger partial charge in [-0.25, -0.2) is 18.4 Å². The molecule has 0 aliphatic heterocycles. The summed E-state index contributed by atoms with van der Waals surface area (Å²) in [5, 5.41) is 2.36. The van der Waals surface area contributed by atoms with E-state index in [-0.39, 0.29) is 25.0 Å². The first-order valence-corrected chi connectivity index (χ1v) is 8.18. The van der Waals surface area contributed by atoms with Crippen LogP contribution in [0, 0.1) is 11.6 Å². The molecule has 1 amide bonds. The Morgan fingerprint density at radius 2 is 1.81 bits per heavy atom. The van der Waals surface area contributed by atoms with Crippen LogP contribution in [0.3, 0.4) is 0 Å². The van der Waals surface area contributed by atoms with Gasteiger partial charge in [0.25, 0.3) is 0 Å². The van der Waals surface area contributed by atoms with Crippen LogP contribution in [-0.2, 0) is 14.3 Å². The monoisotopic (exact) mass is 371 g/mol. The SMILES string of the molecule is CCOC(=O)[C@@H](CCC(=O)c1ccc(F)c(F)c1)NC(=O)OC(C)(C)C. The van der Waals surface area contributed by atoms with Gasteiger partial charge in [-0.2, -0.15) is 0 Å². The van der Waals surface area contributed by atoms with E-state index in [1.165, 1.54) is 0 Å². The fourth-order valence-corrected chi connectivity index (χ4v) is 2.03. The molecule has 26 heavy (non-hydrogen) atoms. The number of rotatable bonds is 7. The highest BCUT2D eigenvalue weighted by Crippen LogP contribution is 2.13. The molecule has 1 aromatic rings. The Labute approximate surface area is 150 Å². The zero-order valence-electron chi connectivity index (χ0n) is 15.2. The highest BCUT2D eigenvalue weighted by Gasteiger charge is 2.26. The zero-order valence-corrected chi connectivity index (χ0v) is 15.2. The van der Waals surface area contributed by atoms with Gasteiger partial charge >= 0.3 is 12.1 Å². The van der Waals surface area contributed by atoms with Crippen molar-refractivity contribution in [3.05, 3.63) is 35.4 Å². The molecule has 0 spiro atoms. The van der Waals surface area contributed by atoms with Crippen molar-refractivity contribution < 1.29 is 32.6 Å². The molecule has 1 aromatic carbocycles. The van der Waals surface area contributed by atoms with Gasteiger partial charge in [-0.15, -0.1) is 0 Å². The number of Topliss-reactive ketones (excluding diaryl/α,β-unsaturated/α-hetero) is 1. The lowest BCUT2D eigenvalue weighted by Gasteiger charge is -2.22. The molecule has 8 heteroatoms. The summed E-state index contributed by atoms with van der Waals surface area (Å²) >= 11 is 0. The molecule has 0 saturated carbocycles. The molecule has 144 valence electrons. The molecule has 0 aliphatic rings. The van der Waals surface area contributed by atoms with E-state index in [1.54, 1.807) is 27.7 Å². The summed E-state index contributed by atoms with van der Waals surface area (Å²) < 4.78 is 36.1. The molecule has 6 nitrogen and oxygen atoms in total. The van der Waals surface area contributed by atoms with E-state index in [0.717, 1.165) is 18.2 Å². The van der Waals surface area contributed by atoms with E-state index in [1.807, 2.05) is 0 Å². The second-order valence-electron chi connectivity index (χ2n) is 6.54. The number of nitrogens with one attached hydrogen (secondary N) is 1. The number of halogens is 2. The van der Waals surface area contributed by atoms with Gasteiger partial charge in [0, 0.05) is 12.0 Å². The number of hydrogen-bond acceptors (Lipinski definition) is 5. The van der Waals surface area contributed by atoms with E-state index in [9.17, 15) is 23.2 Å². The number of alkyl carbamates (subject to hydrolysis) is 1. The van der Waals surface area contributed by atoms with Crippen molar-refractivity contribution in [2.45, 2.75) is 52.2 Å². The van der Waals surface area contributed by atoms with Crippen molar-refractivity contribution >= 4 is 17.8 Å². The summed E-state index contributed by atoms with van der Waals surface area (Å²) in [5.41, 5.74) is -0.783. The van der Waals surface area contributed by atoms with E-state index >= 15 is 0 Å². The lowest BCUT2D eigenvalue weighted by atomic mass is 10.0. The van der Waals surface area contributed by atoms with Crippen molar-refractivity contribution in [3.8, 4) is 0 Å². The Bertz CT molecular complexity index is 670. The highest BCUT2D eigenvalue weighted by molar-refractivity contribution is 5.96. The molecule has 0 heterocycles.